The highest BCUT2D eigenvalue weighted by Gasteiger charge is 2.27. The van der Waals surface area contributed by atoms with Gasteiger partial charge in [-0.2, -0.15) is 0 Å². The second-order valence-corrected chi connectivity index (χ2v) is 6.36. The fraction of sp³-hybridized carbons (Fsp3) is 0.571. The number of benzene rings is 1. The van der Waals surface area contributed by atoms with Crippen molar-refractivity contribution in [3.63, 3.8) is 0 Å². The molecule has 110 valence electrons. The van der Waals surface area contributed by atoms with E-state index in [1.54, 1.807) is 12.1 Å². The SMILES string of the molecule is NC1(COCc2ccc(Br)cc2[N+](=O)[O-])CCCCC1. The molecule has 0 atom stereocenters. The number of nitrogens with two attached hydrogens (primary N) is 1. The Hall–Kier alpha value is -0.980. The minimum absolute atomic E-state index is 0.0779. The van der Waals surface area contributed by atoms with E-state index in [1.807, 2.05) is 0 Å². The minimum atomic E-state index is -0.387. The summed E-state index contributed by atoms with van der Waals surface area (Å²) < 4.78 is 6.34. The van der Waals surface area contributed by atoms with Crippen LogP contribution >= 0.6 is 15.9 Å². The Morgan fingerprint density at radius 3 is 2.70 bits per heavy atom. The van der Waals surface area contributed by atoms with Crippen LogP contribution in [0.15, 0.2) is 22.7 Å². The third-order valence-electron chi connectivity index (χ3n) is 3.74. The van der Waals surface area contributed by atoms with Gasteiger partial charge >= 0.3 is 0 Å². The molecule has 0 amide bonds. The van der Waals surface area contributed by atoms with Crippen molar-refractivity contribution < 1.29 is 9.66 Å². The number of hydrogen-bond acceptors (Lipinski definition) is 4. The Bertz CT molecular complexity index is 487. The van der Waals surface area contributed by atoms with E-state index < -0.39 is 0 Å². The quantitative estimate of drug-likeness (QED) is 0.655. The first kappa shape index (κ1) is 15.4. The average Bonchev–Trinajstić information content (AvgIpc) is 2.41. The van der Waals surface area contributed by atoms with E-state index in [-0.39, 0.29) is 22.8 Å². The summed E-state index contributed by atoms with van der Waals surface area (Å²) in [4.78, 5) is 10.6. The Kier molecular flexibility index (Phi) is 5.12. The third kappa shape index (κ3) is 4.01. The first-order valence-corrected chi connectivity index (χ1v) is 7.59. The molecule has 0 heterocycles. The number of halogens is 1. The topological polar surface area (TPSA) is 78.4 Å². The molecular formula is C14H19BrN2O3. The van der Waals surface area contributed by atoms with Crippen LogP contribution in [0, 0.1) is 10.1 Å². The van der Waals surface area contributed by atoms with Crippen molar-refractivity contribution in [2.24, 2.45) is 5.73 Å². The molecule has 1 aliphatic rings. The second-order valence-electron chi connectivity index (χ2n) is 5.45. The fourth-order valence-corrected chi connectivity index (χ4v) is 2.94. The van der Waals surface area contributed by atoms with E-state index in [9.17, 15) is 10.1 Å². The van der Waals surface area contributed by atoms with Crippen molar-refractivity contribution in [3.05, 3.63) is 38.3 Å². The molecule has 0 aliphatic heterocycles. The lowest BCUT2D eigenvalue weighted by molar-refractivity contribution is -0.386. The van der Waals surface area contributed by atoms with Crippen LogP contribution in [0.2, 0.25) is 0 Å². The molecule has 0 spiro atoms. The van der Waals surface area contributed by atoms with Crippen molar-refractivity contribution in [3.8, 4) is 0 Å². The zero-order chi connectivity index (χ0) is 14.6. The number of nitro groups is 1. The summed E-state index contributed by atoms with van der Waals surface area (Å²) in [6, 6.07) is 4.99. The highest BCUT2D eigenvalue weighted by Crippen LogP contribution is 2.28. The maximum absolute atomic E-state index is 11.0. The molecule has 0 unspecified atom stereocenters. The summed E-state index contributed by atoms with van der Waals surface area (Å²) >= 11 is 3.24. The van der Waals surface area contributed by atoms with Crippen LogP contribution in [0.25, 0.3) is 0 Å². The lowest BCUT2D eigenvalue weighted by atomic mass is 9.83. The molecule has 0 aromatic heterocycles. The molecule has 1 fully saturated rings. The van der Waals surface area contributed by atoms with Gasteiger partial charge in [-0.15, -0.1) is 0 Å². The number of ether oxygens (including phenoxy) is 1. The summed E-state index contributed by atoms with van der Waals surface area (Å²) in [6.45, 7) is 0.683. The maximum atomic E-state index is 11.0. The highest BCUT2D eigenvalue weighted by molar-refractivity contribution is 9.10. The van der Waals surface area contributed by atoms with Crippen molar-refractivity contribution in [2.75, 3.05) is 6.61 Å². The van der Waals surface area contributed by atoms with Gasteiger partial charge in [-0.25, -0.2) is 0 Å². The van der Waals surface area contributed by atoms with Crippen LogP contribution in [-0.2, 0) is 11.3 Å². The van der Waals surface area contributed by atoms with Crippen molar-refractivity contribution >= 4 is 21.6 Å². The summed E-state index contributed by atoms with van der Waals surface area (Å²) in [6.07, 6.45) is 5.44. The van der Waals surface area contributed by atoms with Gasteiger partial charge in [0.1, 0.15) is 0 Å². The smallest absolute Gasteiger partial charge is 0.276 e. The summed E-state index contributed by atoms with van der Waals surface area (Å²) in [5, 5.41) is 11.0. The number of hydrogen-bond donors (Lipinski definition) is 1. The van der Waals surface area contributed by atoms with Crippen molar-refractivity contribution in [2.45, 2.75) is 44.2 Å². The van der Waals surface area contributed by atoms with Crippen LogP contribution in [0.5, 0.6) is 0 Å². The molecule has 1 aromatic rings. The standard InChI is InChI=1S/C14H19BrN2O3/c15-12-5-4-11(13(8-12)17(18)19)9-20-10-14(16)6-2-1-3-7-14/h4-5,8H,1-3,6-7,9-10,16H2. The van der Waals surface area contributed by atoms with E-state index in [4.69, 9.17) is 10.5 Å². The zero-order valence-corrected chi connectivity index (χ0v) is 12.9. The van der Waals surface area contributed by atoms with Gasteiger partial charge in [0.2, 0.25) is 0 Å². The predicted molar refractivity (Wildman–Crippen MR) is 80.5 cm³/mol. The number of rotatable bonds is 5. The van der Waals surface area contributed by atoms with E-state index in [0.29, 0.717) is 16.6 Å². The molecule has 0 saturated heterocycles. The van der Waals surface area contributed by atoms with Crippen LogP contribution in [0.4, 0.5) is 5.69 Å². The van der Waals surface area contributed by atoms with Gasteiger partial charge in [0.25, 0.3) is 5.69 Å². The van der Waals surface area contributed by atoms with E-state index in [2.05, 4.69) is 15.9 Å². The first-order chi connectivity index (χ1) is 9.50. The van der Waals surface area contributed by atoms with Gasteiger partial charge in [-0.3, -0.25) is 10.1 Å². The Balaban J connectivity index is 1.95. The second kappa shape index (κ2) is 6.65. The zero-order valence-electron chi connectivity index (χ0n) is 11.3. The molecule has 1 aromatic carbocycles. The molecule has 2 N–H and O–H groups in total. The Morgan fingerprint density at radius 2 is 2.05 bits per heavy atom. The first-order valence-electron chi connectivity index (χ1n) is 6.80. The van der Waals surface area contributed by atoms with E-state index in [1.165, 1.54) is 12.5 Å². The number of nitrogens with zero attached hydrogens (tertiary/aromatic N) is 1. The van der Waals surface area contributed by atoms with Gasteiger partial charge in [-0.05, 0) is 25.0 Å². The normalized spacial score (nSPS) is 17.9. The predicted octanol–water partition coefficient (Wildman–Crippen LogP) is 3.54. The molecule has 6 heteroatoms. The fourth-order valence-electron chi connectivity index (χ4n) is 2.59. The van der Waals surface area contributed by atoms with E-state index >= 15 is 0 Å². The van der Waals surface area contributed by atoms with Crippen LogP contribution < -0.4 is 5.73 Å². The average molecular weight is 343 g/mol. The Morgan fingerprint density at radius 1 is 1.35 bits per heavy atom. The van der Waals surface area contributed by atoms with Crippen LogP contribution in [-0.4, -0.2) is 17.1 Å². The lowest BCUT2D eigenvalue weighted by Gasteiger charge is -2.33. The van der Waals surface area contributed by atoms with Crippen LogP contribution in [0.3, 0.4) is 0 Å². The van der Waals surface area contributed by atoms with Gasteiger partial charge in [0.05, 0.1) is 23.7 Å². The third-order valence-corrected chi connectivity index (χ3v) is 4.23. The van der Waals surface area contributed by atoms with Crippen molar-refractivity contribution in [1.29, 1.82) is 0 Å². The largest absolute Gasteiger partial charge is 0.375 e. The lowest BCUT2D eigenvalue weighted by Crippen LogP contribution is -2.46. The Labute approximate surface area is 126 Å². The molecule has 0 radical (unpaired) electrons. The van der Waals surface area contributed by atoms with Gasteiger partial charge in [0.15, 0.2) is 0 Å². The molecule has 5 nitrogen and oxygen atoms in total. The molecular weight excluding hydrogens is 324 g/mol. The highest BCUT2D eigenvalue weighted by atomic mass is 79.9. The van der Waals surface area contributed by atoms with Gasteiger partial charge in [-0.1, -0.05) is 35.2 Å². The molecule has 1 saturated carbocycles. The molecule has 1 aliphatic carbocycles. The molecule has 20 heavy (non-hydrogen) atoms. The maximum Gasteiger partial charge on any atom is 0.276 e. The van der Waals surface area contributed by atoms with Crippen LogP contribution in [0.1, 0.15) is 37.7 Å². The summed E-state index contributed by atoms with van der Waals surface area (Å²) in [5.41, 5.74) is 6.68. The van der Waals surface area contributed by atoms with E-state index in [0.717, 1.165) is 25.7 Å². The summed E-state index contributed by atoms with van der Waals surface area (Å²) in [7, 11) is 0. The minimum Gasteiger partial charge on any atom is -0.375 e. The summed E-state index contributed by atoms with van der Waals surface area (Å²) in [5.74, 6) is 0. The van der Waals surface area contributed by atoms with Gasteiger partial charge < -0.3 is 10.5 Å². The number of nitro benzene ring substituents is 1. The van der Waals surface area contributed by atoms with Gasteiger partial charge in [0, 0.05) is 16.1 Å². The molecule has 2 rings (SSSR count). The monoisotopic (exact) mass is 342 g/mol. The van der Waals surface area contributed by atoms with Crippen molar-refractivity contribution in [1.82, 2.24) is 0 Å². The molecule has 0 bridgehead atoms.